The third kappa shape index (κ3) is 2.06. The van der Waals surface area contributed by atoms with Gasteiger partial charge in [-0.3, -0.25) is 14.9 Å². The van der Waals surface area contributed by atoms with E-state index < -0.39 is 11.6 Å². The van der Waals surface area contributed by atoms with Crippen LogP contribution in [0.1, 0.15) is 22.5 Å². The van der Waals surface area contributed by atoms with Crippen molar-refractivity contribution in [1.82, 2.24) is 15.5 Å². The number of hydrogen-bond acceptors (Lipinski definition) is 4. The number of carbonyl (C=O) groups is 3. The first kappa shape index (κ1) is 13.4. The summed E-state index contributed by atoms with van der Waals surface area (Å²) in [4.78, 5) is 37.7. The zero-order valence-corrected chi connectivity index (χ0v) is 12.0. The fraction of sp³-hybridized carbons (Fsp3) is 0.417. The van der Waals surface area contributed by atoms with Crippen molar-refractivity contribution in [2.24, 2.45) is 0 Å². The average Bonchev–Trinajstić information content (AvgIpc) is 2.94. The number of urea groups is 1. The molecule has 0 aromatic carbocycles. The van der Waals surface area contributed by atoms with Crippen LogP contribution in [-0.4, -0.2) is 41.4 Å². The Morgan fingerprint density at radius 2 is 2.25 bits per heavy atom. The highest BCUT2D eigenvalue weighted by molar-refractivity contribution is 7.12. The molecule has 1 unspecified atom stereocenters. The Bertz CT molecular complexity index is 603. The van der Waals surface area contributed by atoms with E-state index in [-0.39, 0.29) is 18.4 Å². The van der Waals surface area contributed by atoms with Gasteiger partial charge < -0.3 is 10.2 Å². The Hall–Kier alpha value is -1.60. The summed E-state index contributed by atoms with van der Waals surface area (Å²) in [6, 6.07) is 1.17. The molecule has 1 aromatic heterocycles. The average molecular weight is 314 g/mol. The van der Waals surface area contributed by atoms with Gasteiger partial charge in [-0.1, -0.05) is 11.6 Å². The quantitative estimate of drug-likeness (QED) is 0.765. The van der Waals surface area contributed by atoms with E-state index in [1.165, 1.54) is 11.3 Å². The summed E-state index contributed by atoms with van der Waals surface area (Å²) < 4.78 is 0. The molecule has 1 aromatic rings. The number of nitrogens with one attached hydrogen (secondary N) is 2. The monoisotopic (exact) mass is 313 g/mol. The maximum Gasteiger partial charge on any atom is 0.322 e. The predicted molar refractivity (Wildman–Crippen MR) is 73.9 cm³/mol. The van der Waals surface area contributed by atoms with Crippen molar-refractivity contribution >= 4 is 40.8 Å². The van der Waals surface area contributed by atoms with Crippen LogP contribution in [-0.2, 0) is 4.79 Å². The Kier molecular flexibility index (Phi) is 3.18. The first-order chi connectivity index (χ1) is 9.52. The van der Waals surface area contributed by atoms with Crippen molar-refractivity contribution in [3.8, 4) is 0 Å². The number of nitrogens with zero attached hydrogens (tertiary/aromatic N) is 1. The molecule has 8 heteroatoms. The number of thiophene rings is 1. The standard InChI is InChI=1S/C12H12ClN3O3S/c13-7-2-5-20-8(7)9(17)16-4-1-3-12(6-16)10(18)14-11(19)15-12/h2,5H,1,3-4,6H2,(H2,14,15,18,19). The molecule has 0 aliphatic carbocycles. The number of rotatable bonds is 1. The van der Waals surface area contributed by atoms with Gasteiger partial charge in [-0.15, -0.1) is 11.3 Å². The minimum Gasteiger partial charge on any atom is -0.335 e. The lowest BCUT2D eigenvalue weighted by molar-refractivity contribution is -0.125. The van der Waals surface area contributed by atoms with Gasteiger partial charge in [0, 0.05) is 6.54 Å². The Morgan fingerprint density at radius 1 is 1.45 bits per heavy atom. The molecule has 3 heterocycles. The first-order valence-electron chi connectivity index (χ1n) is 6.18. The molecule has 2 fully saturated rings. The molecule has 2 aliphatic rings. The van der Waals surface area contributed by atoms with Crippen molar-refractivity contribution in [3.05, 3.63) is 21.3 Å². The van der Waals surface area contributed by atoms with Crippen molar-refractivity contribution < 1.29 is 14.4 Å². The Labute approximate surface area is 124 Å². The van der Waals surface area contributed by atoms with E-state index in [9.17, 15) is 14.4 Å². The minimum absolute atomic E-state index is 0.178. The van der Waals surface area contributed by atoms with E-state index in [1.54, 1.807) is 16.3 Å². The molecule has 6 nitrogen and oxygen atoms in total. The lowest BCUT2D eigenvalue weighted by atomic mass is 9.89. The second-order valence-electron chi connectivity index (χ2n) is 4.92. The molecule has 3 rings (SSSR count). The van der Waals surface area contributed by atoms with Crippen molar-refractivity contribution in [2.75, 3.05) is 13.1 Å². The van der Waals surface area contributed by atoms with E-state index in [0.717, 1.165) is 0 Å². The molecule has 2 aliphatic heterocycles. The van der Waals surface area contributed by atoms with E-state index in [4.69, 9.17) is 11.6 Å². The molecular formula is C12H12ClN3O3S. The number of likely N-dealkylation sites (tertiary alicyclic amines) is 1. The van der Waals surface area contributed by atoms with E-state index in [2.05, 4.69) is 10.6 Å². The minimum atomic E-state index is -0.991. The summed E-state index contributed by atoms with van der Waals surface area (Å²) in [6.07, 6.45) is 1.19. The Morgan fingerprint density at radius 3 is 2.85 bits per heavy atom. The molecule has 0 saturated carbocycles. The highest BCUT2D eigenvalue weighted by Crippen LogP contribution is 2.29. The summed E-state index contributed by atoms with van der Waals surface area (Å²) >= 11 is 7.24. The zero-order valence-electron chi connectivity index (χ0n) is 10.4. The molecule has 0 bridgehead atoms. The lowest BCUT2D eigenvalue weighted by Gasteiger charge is -2.37. The highest BCUT2D eigenvalue weighted by Gasteiger charge is 2.49. The van der Waals surface area contributed by atoms with Gasteiger partial charge in [-0.05, 0) is 24.3 Å². The van der Waals surface area contributed by atoms with Crippen LogP contribution < -0.4 is 10.6 Å². The van der Waals surface area contributed by atoms with E-state index >= 15 is 0 Å². The van der Waals surface area contributed by atoms with E-state index in [1.807, 2.05) is 0 Å². The number of piperidine rings is 1. The van der Waals surface area contributed by atoms with Crippen LogP contribution in [0.4, 0.5) is 4.79 Å². The molecule has 1 atom stereocenters. The van der Waals surface area contributed by atoms with Crippen molar-refractivity contribution in [2.45, 2.75) is 18.4 Å². The SMILES string of the molecule is O=C1NC(=O)C2(CCCN(C(=O)c3sccc3Cl)C2)N1. The van der Waals surface area contributed by atoms with Gasteiger partial charge in [-0.25, -0.2) is 4.79 Å². The number of carbonyl (C=O) groups excluding carboxylic acids is 3. The third-order valence-corrected chi connectivity index (χ3v) is 4.93. The van der Waals surface area contributed by atoms with Crippen LogP contribution >= 0.6 is 22.9 Å². The molecule has 4 amide bonds. The van der Waals surface area contributed by atoms with Gasteiger partial charge in [-0.2, -0.15) is 0 Å². The summed E-state index contributed by atoms with van der Waals surface area (Å²) in [5.74, 6) is -0.560. The van der Waals surface area contributed by atoms with Gasteiger partial charge in [0.2, 0.25) is 0 Å². The maximum atomic E-state index is 12.4. The Balaban J connectivity index is 1.82. The smallest absolute Gasteiger partial charge is 0.322 e. The highest BCUT2D eigenvalue weighted by atomic mass is 35.5. The molecule has 0 radical (unpaired) electrons. The van der Waals surface area contributed by atoms with Crippen LogP contribution in [0.3, 0.4) is 0 Å². The number of amides is 4. The number of hydrogen-bond donors (Lipinski definition) is 2. The predicted octanol–water partition coefficient (Wildman–Crippen LogP) is 1.22. The van der Waals surface area contributed by atoms with Crippen LogP contribution in [0.15, 0.2) is 11.4 Å². The largest absolute Gasteiger partial charge is 0.335 e. The van der Waals surface area contributed by atoms with Gasteiger partial charge >= 0.3 is 6.03 Å². The summed E-state index contributed by atoms with van der Waals surface area (Å²) in [6.45, 7) is 0.732. The summed E-state index contributed by atoms with van der Waals surface area (Å²) in [5, 5.41) is 7.04. The lowest BCUT2D eigenvalue weighted by Crippen LogP contribution is -2.59. The van der Waals surface area contributed by atoms with Crippen LogP contribution in [0.2, 0.25) is 5.02 Å². The molecule has 2 N–H and O–H groups in total. The molecule has 20 heavy (non-hydrogen) atoms. The molecule has 2 saturated heterocycles. The second-order valence-corrected chi connectivity index (χ2v) is 6.24. The normalized spacial score (nSPS) is 25.8. The first-order valence-corrected chi connectivity index (χ1v) is 7.43. The summed E-state index contributed by atoms with van der Waals surface area (Å²) in [5.41, 5.74) is -0.991. The second kappa shape index (κ2) is 4.75. The van der Waals surface area contributed by atoms with Crippen molar-refractivity contribution in [1.29, 1.82) is 0 Å². The van der Waals surface area contributed by atoms with Crippen LogP contribution in [0.5, 0.6) is 0 Å². The fourth-order valence-corrected chi connectivity index (χ4v) is 3.74. The summed E-state index contributed by atoms with van der Waals surface area (Å²) in [7, 11) is 0. The topological polar surface area (TPSA) is 78.5 Å². The van der Waals surface area contributed by atoms with Crippen LogP contribution in [0.25, 0.3) is 0 Å². The number of halogens is 1. The van der Waals surface area contributed by atoms with E-state index in [0.29, 0.717) is 29.3 Å². The maximum absolute atomic E-state index is 12.4. The van der Waals surface area contributed by atoms with Crippen LogP contribution in [0, 0.1) is 0 Å². The third-order valence-electron chi connectivity index (χ3n) is 3.61. The zero-order chi connectivity index (χ0) is 14.3. The van der Waals surface area contributed by atoms with Gasteiger partial charge in [0.25, 0.3) is 11.8 Å². The van der Waals surface area contributed by atoms with Crippen molar-refractivity contribution in [3.63, 3.8) is 0 Å². The van der Waals surface area contributed by atoms with Gasteiger partial charge in [0.15, 0.2) is 0 Å². The van der Waals surface area contributed by atoms with Gasteiger partial charge in [0.05, 0.1) is 11.6 Å². The molecular weight excluding hydrogens is 302 g/mol. The molecule has 106 valence electrons. The molecule has 1 spiro atoms. The fourth-order valence-electron chi connectivity index (χ4n) is 2.63. The van der Waals surface area contributed by atoms with Gasteiger partial charge in [0.1, 0.15) is 10.4 Å². The number of imide groups is 1.